The molecule has 23 heavy (non-hydrogen) atoms. The van der Waals surface area contributed by atoms with Gasteiger partial charge in [-0.3, -0.25) is 4.79 Å². The number of aryl methyl sites for hydroxylation is 1. The second kappa shape index (κ2) is 7.27. The lowest BCUT2D eigenvalue weighted by Gasteiger charge is -2.07. The van der Waals surface area contributed by atoms with Crippen molar-refractivity contribution in [2.45, 2.75) is 50.4 Å². The molecule has 0 unspecified atom stereocenters. The van der Waals surface area contributed by atoms with Crippen LogP contribution in [0.15, 0.2) is 29.4 Å². The first-order valence-electron chi connectivity index (χ1n) is 8.02. The number of hydrogen-bond acceptors (Lipinski definition) is 5. The molecule has 1 aliphatic carbocycles. The molecule has 0 aliphatic heterocycles. The summed E-state index contributed by atoms with van der Waals surface area (Å²) in [6, 6.07) is 8.24. The summed E-state index contributed by atoms with van der Waals surface area (Å²) in [6.45, 7) is 2.03. The highest BCUT2D eigenvalue weighted by Crippen LogP contribution is 2.38. The fraction of sp³-hybridized carbons (Fsp3) is 0.471. The quantitative estimate of drug-likeness (QED) is 0.595. The first kappa shape index (κ1) is 16.2. The molecule has 1 aliphatic rings. The van der Waals surface area contributed by atoms with Crippen molar-refractivity contribution < 1.29 is 9.90 Å². The zero-order valence-corrected chi connectivity index (χ0v) is 14.1. The van der Waals surface area contributed by atoms with Crippen LogP contribution in [0.5, 0.6) is 0 Å². The molecule has 0 saturated heterocycles. The van der Waals surface area contributed by atoms with Crippen molar-refractivity contribution in [2.24, 2.45) is 0 Å². The highest BCUT2D eigenvalue weighted by Gasteiger charge is 2.29. The molecule has 0 bridgehead atoms. The summed E-state index contributed by atoms with van der Waals surface area (Å²) < 4.78 is 1.97. The van der Waals surface area contributed by atoms with Crippen molar-refractivity contribution in [1.82, 2.24) is 14.8 Å². The van der Waals surface area contributed by atoms with E-state index in [2.05, 4.69) is 17.1 Å². The van der Waals surface area contributed by atoms with Crippen LogP contribution in [-0.4, -0.2) is 31.4 Å². The van der Waals surface area contributed by atoms with E-state index in [0.29, 0.717) is 17.6 Å². The summed E-state index contributed by atoms with van der Waals surface area (Å²) in [4.78, 5) is 12.3. The van der Waals surface area contributed by atoms with Crippen LogP contribution >= 0.6 is 11.8 Å². The summed E-state index contributed by atoms with van der Waals surface area (Å²) >= 11 is 1.40. The Labute approximate surface area is 140 Å². The molecule has 1 heterocycles. The first-order valence-corrected chi connectivity index (χ1v) is 9.01. The van der Waals surface area contributed by atoms with E-state index in [1.54, 1.807) is 0 Å². The number of hydrogen-bond donors (Lipinski definition) is 1. The van der Waals surface area contributed by atoms with Gasteiger partial charge in [-0.05, 0) is 24.8 Å². The molecule has 1 aromatic heterocycles. The van der Waals surface area contributed by atoms with Gasteiger partial charge in [0.25, 0.3) is 0 Å². The maximum absolute atomic E-state index is 12.3. The maximum atomic E-state index is 12.3. The molecule has 122 valence electrons. The predicted molar refractivity (Wildman–Crippen MR) is 89.7 cm³/mol. The number of ketones is 1. The van der Waals surface area contributed by atoms with Gasteiger partial charge in [0.2, 0.25) is 0 Å². The molecule has 3 rings (SSSR count). The Bertz CT molecular complexity index is 678. The summed E-state index contributed by atoms with van der Waals surface area (Å²) in [7, 11) is 0. The van der Waals surface area contributed by atoms with Gasteiger partial charge < -0.3 is 9.67 Å². The van der Waals surface area contributed by atoms with Gasteiger partial charge in [0, 0.05) is 11.6 Å². The third-order valence-electron chi connectivity index (χ3n) is 3.94. The van der Waals surface area contributed by atoms with Gasteiger partial charge in [-0.15, -0.1) is 10.2 Å². The Morgan fingerprint density at radius 1 is 1.30 bits per heavy atom. The minimum absolute atomic E-state index is 0.0916. The number of carbonyl (C=O) groups is 1. The highest BCUT2D eigenvalue weighted by atomic mass is 32.2. The molecule has 1 fully saturated rings. The zero-order valence-electron chi connectivity index (χ0n) is 13.2. The zero-order chi connectivity index (χ0) is 16.2. The van der Waals surface area contributed by atoms with Crippen LogP contribution in [0.1, 0.15) is 54.0 Å². The van der Waals surface area contributed by atoms with Crippen molar-refractivity contribution >= 4 is 17.5 Å². The van der Waals surface area contributed by atoms with Crippen LogP contribution in [0.25, 0.3) is 0 Å². The topological polar surface area (TPSA) is 68.0 Å². The number of aliphatic hydroxyl groups is 1. The molecule has 0 atom stereocenters. The molecule has 1 saturated carbocycles. The Morgan fingerprint density at radius 3 is 2.65 bits per heavy atom. The van der Waals surface area contributed by atoms with Gasteiger partial charge in [-0.1, -0.05) is 49.4 Å². The largest absolute Gasteiger partial charge is 0.388 e. The van der Waals surface area contributed by atoms with Gasteiger partial charge in [-0.2, -0.15) is 0 Å². The second-order valence-corrected chi connectivity index (χ2v) is 6.76. The highest BCUT2D eigenvalue weighted by molar-refractivity contribution is 7.99. The van der Waals surface area contributed by atoms with Gasteiger partial charge in [0.05, 0.1) is 5.75 Å². The number of rotatable bonds is 8. The number of nitrogens with zero attached hydrogens (tertiary/aromatic N) is 3. The minimum atomic E-state index is -0.114. The molecule has 1 aromatic carbocycles. The molecule has 0 spiro atoms. The summed E-state index contributed by atoms with van der Waals surface area (Å²) in [5.74, 6) is 1.02. The van der Waals surface area contributed by atoms with Gasteiger partial charge in [0.15, 0.2) is 16.8 Å². The summed E-state index contributed by atoms with van der Waals surface area (Å²) in [6.07, 6.45) is 4.32. The van der Waals surface area contributed by atoms with E-state index >= 15 is 0 Å². The molecule has 0 radical (unpaired) electrons. The maximum Gasteiger partial charge on any atom is 0.191 e. The van der Waals surface area contributed by atoms with Gasteiger partial charge in [-0.25, -0.2) is 0 Å². The molecular weight excluding hydrogens is 310 g/mol. The van der Waals surface area contributed by atoms with E-state index in [-0.39, 0.29) is 12.4 Å². The number of Topliss-reactive ketones (excluding diaryl/α,β-unsaturated/α-hetero) is 1. The normalized spacial score (nSPS) is 14.2. The number of aliphatic hydroxyl groups excluding tert-OH is 1. The fourth-order valence-electron chi connectivity index (χ4n) is 2.57. The Morgan fingerprint density at radius 2 is 2.04 bits per heavy atom. The lowest BCUT2D eigenvalue weighted by atomic mass is 10.1. The first-order chi connectivity index (χ1) is 11.2. The van der Waals surface area contributed by atoms with E-state index in [1.165, 1.54) is 17.3 Å². The van der Waals surface area contributed by atoms with Crippen LogP contribution in [-0.2, 0) is 13.0 Å². The average molecular weight is 331 g/mol. The average Bonchev–Trinajstić information content (AvgIpc) is 3.33. The number of benzene rings is 1. The molecule has 1 N–H and O–H groups in total. The second-order valence-electron chi connectivity index (χ2n) is 5.82. The van der Waals surface area contributed by atoms with Crippen LogP contribution < -0.4 is 0 Å². The molecule has 5 nitrogen and oxygen atoms in total. The van der Waals surface area contributed by atoms with Crippen molar-refractivity contribution in [3.63, 3.8) is 0 Å². The molecule has 6 heteroatoms. The van der Waals surface area contributed by atoms with Crippen molar-refractivity contribution in [3.05, 3.63) is 41.2 Å². The fourth-order valence-corrected chi connectivity index (χ4v) is 3.49. The minimum Gasteiger partial charge on any atom is -0.388 e. The van der Waals surface area contributed by atoms with Gasteiger partial charge >= 0.3 is 0 Å². The van der Waals surface area contributed by atoms with E-state index in [0.717, 1.165) is 36.4 Å². The molecule has 0 amide bonds. The third-order valence-corrected chi connectivity index (χ3v) is 4.88. The van der Waals surface area contributed by atoms with Crippen LogP contribution in [0.2, 0.25) is 0 Å². The number of carbonyl (C=O) groups excluding carboxylic acids is 1. The lowest BCUT2D eigenvalue weighted by Crippen LogP contribution is -2.06. The number of thioether (sulfide) groups is 1. The lowest BCUT2D eigenvalue weighted by molar-refractivity contribution is 0.102. The summed E-state index contributed by atoms with van der Waals surface area (Å²) in [5.41, 5.74) is 2.00. The smallest absolute Gasteiger partial charge is 0.191 e. The summed E-state index contributed by atoms with van der Waals surface area (Å²) in [5, 5.41) is 18.2. The SMILES string of the molecule is CCCc1ccc(C(=O)CSc2nnc(CO)n2C2CC2)cc1. The van der Waals surface area contributed by atoms with Crippen LogP contribution in [0, 0.1) is 0 Å². The van der Waals surface area contributed by atoms with Crippen LogP contribution in [0.3, 0.4) is 0 Å². The predicted octanol–water partition coefficient (Wildman–Crippen LogP) is 3.03. The van der Waals surface area contributed by atoms with Gasteiger partial charge in [0.1, 0.15) is 6.61 Å². The van der Waals surface area contributed by atoms with Crippen LogP contribution in [0.4, 0.5) is 0 Å². The molecule has 2 aromatic rings. The van der Waals surface area contributed by atoms with Crippen molar-refractivity contribution in [2.75, 3.05) is 5.75 Å². The Kier molecular flexibility index (Phi) is 5.13. The van der Waals surface area contributed by atoms with Crippen molar-refractivity contribution in [1.29, 1.82) is 0 Å². The standard InChI is InChI=1S/C17H21N3O2S/c1-2-3-12-4-6-13(7-5-12)15(22)11-23-17-19-18-16(10-21)20(17)14-8-9-14/h4-7,14,21H,2-3,8-11H2,1H3. The van der Waals surface area contributed by atoms with Crippen molar-refractivity contribution in [3.8, 4) is 0 Å². The Balaban J connectivity index is 1.64. The Hall–Kier alpha value is -1.66. The van der Waals surface area contributed by atoms with E-state index in [4.69, 9.17) is 0 Å². The monoisotopic (exact) mass is 331 g/mol. The third kappa shape index (κ3) is 3.82. The molecular formula is C17H21N3O2S. The number of aromatic nitrogens is 3. The van der Waals surface area contributed by atoms with E-state index in [1.807, 2.05) is 28.8 Å². The van der Waals surface area contributed by atoms with E-state index < -0.39 is 0 Å². The van der Waals surface area contributed by atoms with E-state index in [9.17, 15) is 9.90 Å².